The van der Waals surface area contributed by atoms with Crippen molar-refractivity contribution in [3.63, 3.8) is 0 Å². The molecule has 71 heavy (non-hydrogen) atoms. The number of aliphatic hydroxyl groups excluding tert-OH is 12. The van der Waals surface area contributed by atoms with Crippen molar-refractivity contribution in [1.82, 2.24) is 0 Å². The maximum absolute atomic E-state index is 14.0. The van der Waals surface area contributed by atoms with E-state index in [1.165, 1.54) is 12.5 Å². The first-order valence-corrected chi connectivity index (χ1v) is 25.7. The lowest BCUT2D eigenvalue weighted by Gasteiger charge is -2.58. The number of hydrogen-bond acceptors (Lipinski definition) is 21. The van der Waals surface area contributed by atoms with Gasteiger partial charge in [0, 0.05) is 25.6 Å². The molecule has 6 rings (SSSR count). The third kappa shape index (κ3) is 12.4. The molecule has 0 amide bonds. The fourth-order valence-corrected chi connectivity index (χ4v) is 13.1. The molecular formula is C50H82O21. The van der Waals surface area contributed by atoms with Gasteiger partial charge >= 0.3 is 11.9 Å². The molecule has 2 aliphatic heterocycles. The SMILES string of the molecule is CC(CCCC(C)C1C(=O)CC2C3CC=C4CC(OC5OC(CO)C(OC(=O)C(O)C(O)C(O)CCO)C(O)C5OC5OC(C)C(O)C(O)C5O)CCC4(C)C3CCC21C)COC(=O)C(O)C(O)CCO. The minimum absolute atomic E-state index is 0.00263. The molecule has 0 spiro atoms. The average Bonchev–Trinajstić information content (AvgIpc) is 3.62. The highest BCUT2D eigenvalue weighted by Crippen LogP contribution is 2.66. The van der Waals surface area contributed by atoms with Crippen LogP contribution in [-0.2, 0) is 42.8 Å². The van der Waals surface area contributed by atoms with Crippen molar-refractivity contribution in [2.45, 2.75) is 210 Å². The van der Waals surface area contributed by atoms with Crippen molar-refractivity contribution in [3.8, 4) is 0 Å². The second kappa shape index (κ2) is 24.6. The third-order valence-corrected chi connectivity index (χ3v) is 17.3. The zero-order valence-corrected chi connectivity index (χ0v) is 41.6. The van der Waals surface area contributed by atoms with Crippen molar-refractivity contribution in [1.29, 1.82) is 0 Å². The van der Waals surface area contributed by atoms with Crippen molar-refractivity contribution in [2.75, 3.05) is 26.4 Å². The number of aliphatic hydroxyl groups is 12. The molecule has 0 bridgehead atoms. The van der Waals surface area contributed by atoms with Crippen molar-refractivity contribution in [2.24, 2.45) is 46.3 Å². The molecule has 4 aliphatic carbocycles. The van der Waals surface area contributed by atoms with Crippen LogP contribution >= 0.6 is 0 Å². The van der Waals surface area contributed by atoms with Crippen LogP contribution in [0.15, 0.2) is 11.6 Å². The summed E-state index contributed by atoms with van der Waals surface area (Å²) in [5.74, 6) is -1.26. The summed E-state index contributed by atoms with van der Waals surface area (Å²) in [4.78, 5) is 39.3. The highest BCUT2D eigenvalue weighted by Gasteiger charge is 2.62. The number of Topliss-reactive ketones (excluding diaryl/α,β-unsaturated/α-hetero) is 1. The van der Waals surface area contributed by atoms with Gasteiger partial charge < -0.3 is 89.7 Å². The molecule has 5 fully saturated rings. The first kappa shape index (κ1) is 58.0. The van der Waals surface area contributed by atoms with Gasteiger partial charge in [-0.15, -0.1) is 0 Å². The van der Waals surface area contributed by atoms with Crippen LogP contribution in [0.4, 0.5) is 0 Å². The average molecular weight is 1020 g/mol. The van der Waals surface area contributed by atoms with E-state index in [9.17, 15) is 65.4 Å². The van der Waals surface area contributed by atoms with Crippen LogP contribution in [0.5, 0.6) is 0 Å². The van der Waals surface area contributed by atoms with Gasteiger partial charge in [-0.2, -0.15) is 0 Å². The van der Waals surface area contributed by atoms with E-state index < -0.39 is 123 Å². The van der Waals surface area contributed by atoms with Gasteiger partial charge in [0.05, 0.1) is 37.6 Å². The van der Waals surface area contributed by atoms with Gasteiger partial charge in [0.25, 0.3) is 0 Å². The third-order valence-electron chi connectivity index (χ3n) is 17.3. The molecule has 21 heteroatoms. The van der Waals surface area contributed by atoms with Crippen LogP contribution in [0, 0.1) is 46.3 Å². The molecular weight excluding hydrogens is 937 g/mol. The predicted molar refractivity (Wildman–Crippen MR) is 246 cm³/mol. The summed E-state index contributed by atoms with van der Waals surface area (Å²) in [6.07, 6.45) is -16.7. The predicted octanol–water partition coefficient (Wildman–Crippen LogP) is -1.11. The monoisotopic (exact) mass is 1020 g/mol. The number of ether oxygens (including phenoxy) is 6. The van der Waals surface area contributed by atoms with Crippen molar-refractivity contribution >= 4 is 17.7 Å². The Morgan fingerprint density at radius 3 is 2.13 bits per heavy atom. The van der Waals surface area contributed by atoms with Crippen molar-refractivity contribution in [3.05, 3.63) is 11.6 Å². The van der Waals surface area contributed by atoms with Gasteiger partial charge in [-0.3, -0.25) is 4.79 Å². The van der Waals surface area contributed by atoms with Crippen LogP contribution in [0.2, 0.25) is 0 Å². The molecule has 6 aliphatic rings. The smallest absolute Gasteiger partial charge is 0.338 e. The number of rotatable bonds is 22. The number of carbonyl (C=O) groups excluding carboxylic acids is 3. The summed E-state index contributed by atoms with van der Waals surface area (Å²) in [5, 5.41) is 123. The van der Waals surface area contributed by atoms with E-state index in [0.717, 1.165) is 44.9 Å². The zero-order chi connectivity index (χ0) is 52.3. The fourth-order valence-electron chi connectivity index (χ4n) is 13.1. The summed E-state index contributed by atoms with van der Waals surface area (Å²) in [6.45, 7) is 8.44. The standard InChI is InChI=1S/C50H82O21/c1-23(22-66-45(64)38(59)32(55)14-18-52)7-6-8-24(2)35-33(56)20-30-28-10-9-26-19-27(11-15-49(26,4)29(28)12-16-50(30,35)5)68-48-44(71-47-41(62)39(60)36(57)25(3)67-47)42(63)43(34(21-53)69-48)70-46(65)40(61)37(58)31(54)13-17-51/h9,23-25,27-32,34-44,47-48,51-55,57-63H,6-8,10-22H2,1-5H3. The maximum atomic E-state index is 14.0. The summed E-state index contributed by atoms with van der Waals surface area (Å²) < 4.78 is 35.0. The van der Waals surface area contributed by atoms with E-state index in [1.54, 1.807) is 0 Å². The zero-order valence-electron chi connectivity index (χ0n) is 41.6. The van der Waals surface area contributed by atoms with Crippen molar-refractivity contribution < 1.29 is 104 Å². The molecule has 2 heterocycles. The molecule has 408 valence electrons. The Morgan fingerprint density at radius 1 is 0.761 bits per heavy atom. The molecule has 0 radical (unpaired) electrons. The second-order valence-corrected chi connectivity index (χ2v) is 22.0. The van der Waals surface area contributed by atoms with Gasteiger partial charge in [0.15, 0.2) is 30.9 Å². The highest BCUT2D eigenvalue weighted by atomic mass is 16.8. The second-order valence-electron chi connectivity index (χ2n) is 22.0. The largest absolute Gasteiger partial charge is 0.463 e. The van der Waals surface area contributed by atoms with Gasteiger partial charge in [0.1, 0.15) is 48.5 Å². The molecule has 2 saturated heterocycles. The van der Waals surface area contributed by atoms with Crippen LogP contribution in [0.25, 0.3) is 0 Å². The summed E-state index contributed by atoms with van der Waals surface area (Å²) in [5.41, 5.74) is 0.815. The Hall–Kier alpha value is -2.29. The molecule has 0 aromatic rings. The number of esters is 2. The fraction of sp³-hybridized carbons (Fsp3) is 0.900. The maximum Gasteiger partial charge on any atom is 0.338 e. The Labute approximate surface area is 415 Å². The lowest BCUT2D eigenvalue weighted by molar-refractivity contribution is -0.370. The topological polar surface area (TPSA) is 349 Å². The summed E-state index contributed by atoms with van der Waals surface area (Å²) >= 11 is 0. The number of carbonyl (C=O) groups is 3. The normalized spacial score (nSPS) is 41.2. The Bertz CT molecular complexity index is 1800. The van der Waals surface area contributed by atoms with E-state index in [4.69, 9.17) is 38.6 Å². The van der Waals surface area contributed by atoms with Crippen LogP contribution in [-0.4, -0.2) is 203 Å². The highest BCUT2D eigenvalue weighted by molar-refractivity contribution is 5.85. The van der Waals surface area contributed by atoms with Gasteiger partial charge in [-0.1, -0.05) is 45.8 Å². The number of fused-ring (bicyclic) bond motifs is 5. The van der Waals surface area contributed by atoms with E-state index in [2.05, 4.69) is 26.8 Å². The van der Waals surface area contributed by atoms with Crippen LogP contribution in [0.1, 0.15) is 112 Å². The Balaban J connectivity index is 1.11. The van der Waals surface area contributed by atoms with E-state index in [0.29, 0.717) is 31.0 Å². The van der Waals surface area contributed by atoms with Crippen LogP contribution in [0.3, 0.4) is 0 Å². The Kier molecular flexibility index (Phi) is 20.1. The Morgan fingerprint density at radius 2 is 1.45 bits per heavy atom. The first-order valence-electron chi connectivity index (χ1n) is 25.7. The van der Waals surface area contributed by atoms with Gasteiger partial charge in [-0.25, -0.2) is 9.59 Å². The minimum atomic E-state index is -2.34. The number of allylic oxidation sites excluding steroid dienone is 1. The van der Waals surface area contributed by atoms with E-state index in [1.807, 2.05) is 6.92 Å². The lowest BCUT2D eigenvalue weighted by atomic mass is 9.47. The molecule has 21 nitrogen and oxygen atoms in total. The lowest BCUT2D eigenvalue weighted by Crippen LogP contribution is -2.65. The van der Waals surface area contributed by atoms with E-state index in [-0.39, 0.29) is 66.5 Å². The summed E-state index contributed by atoms with van der Waals surface area (Å²) in [6, 6.07) is 0. The molecule has 24 unspecified atom stereocenters. The van der Waals surface area contributed by atoms with Gasteiger partial charge in [-0.05, 0) is 112 Å². The molecule has 12 N–H and O–H groups in total. The first-order chi connectivity index (χ1) is 33.5. The number of hydrogen-bond donors (Lipinski definition) is 12. The van der Waals surface area contributed by atoms with Crippen LogP contribution < -0.4 is 0 Å². The van der Waals surface area contributed by atoms with E-state index >= 15 is 0 Å². The van der Waals surface area contributed by atoms with Gasteiger partial charge in [0.2, 0.25) is 0 Å². The number of ketones is 1. The molecule has 3 saturated carbocycles. The minimum Gasteiger partial charge on any atom is -0.463 e. The molecule has 24 atom stereocenters. The molecule has 0 aromatic heterocycles. The molecule has 0 aromatic carbocycles. The quantitative estimate of drug-likeness (QED) is 0.0452. The summed E-state index contributed by atoms with van der Waals surface area (Å²) in [7, 11) is 0.